The Morgan fingerprint density at radius 2 is 1.33 bits per heavy atom. The van der Waals surface area contributed by atoms with Crippen LogP contribution >= 0.6 is 0 Å². The molecule has 0 aromatic carbocycles. The van der Waals surface area contributed by atoms with Gasteiger partial charge in [0.25, 0.3) is 0 Å². The van der Waals surface area contributed by atoms with Crippen LogP contribution < -0.4 is 0 Å². The van der Waals surface area contributed by atoms with E-state index < -0.39 is 0 Å². The van der Waals surface area contributed by atoms with Gasteiger partial charge in [0.1, 0.15) is 0 Å². The average Bonchev–Trinajstić information content (AvgIpc) is 1.41. The summed E-state index contributed by atoms with van der Waals surface area (Å²) in [6, 6.07) is 0. The molecule has 6 heavy (non-hydrogen) atoms. The summed E-state index contributed by atoms with van der Waals surface area (Å²) in [5, 5.41) is 0. The van der Waals surface area contributed by atoms with Crippen LogP contribution in [0.1, 0.15) is 19.3 Å². The molecule has 0 N–H and O–H groups in total. The molecular weight excluding hydrogens is 116 g/mol. The Bertz CT molecular complexity index is 11.4. The summed E-state index contributed by atoms with van der Waals surface area (Å²) >= 11 is 0. The van der Waals surface area contributed by atoms with Crippen LogP contribution in [0.15, 0.2) is 0 Å². The smallest absolute Gasteiger partial charge is 0.343 e. The molecule has 0 fully saturated rings. The number of hydrogen-bond donors (Lipinski definition) is 0. The fraction of sp³-hybridized carbons (Fsp3) is 0.600. The van der Waals surface area contributed by atoms with Gasteiger partial charge in [0.05, 0.1) is 0 Å². The first-order valence-corrected chi connectivity index (χ1v) is 2.00. The summed E-state index contributed by atoms with van der Waals surface area (Å²) in [6.07, 6.45) is 3.23. The zero-order valence-corrected chi connectivity index (χ0v) is 4.99. The molecule has 0 atom stereocenters. The third kappa shape index (κ3) is 8.82. The van der Waals surface area contributed by atoms with E-state index in [4.69, 9.17) is 0 Å². The second-order valence-electron chi connectivity index (χ2n) is 1.06. The molecular formula is C5H10Fe. The van der Waals surface area contributed by atoms with Crippen molar-refractivity contribution in [3.8, 4) is 0 Å². The standard InChI is InChI=1S/C5H10.Fe/c1-3-5-4-2;/h1-5H2;/q-2;+2. The zero-order valence-electron chi connectivity index (χ0n) is 3.89. The molecule has 0 nitrogen and oxygen atoms in total. The van der Waals surface area contributed by atoms with Crippen LogP contribution in [0.25, 0.3) is 0 Å². The number of unbranched alkanes of at least 4 members (excludes halogenated alkanes) is 2. The van der Waals surface area contributed by atoms with Crippen molar-refractivity contribution in [1.82, 2.24) is 0 Å². The molecule has 0 heterocycles. The van der Waals surface area contributed by atoms with Crippen molar-refractivity contribution >= 4 is 0 Å². The molecule has 0 amide bonds. The third-order valence-electron chi connectivity index (χ3n) is 0.500. The van der Waals surface area contributed by atoms with Crippen molar-refractivity contribution in [2.75, 3.05) is 0 Å². The van der Waals surface area contributed by atoms with Crippen LogP contribution in [0.3, 0.4) is 0 Å². The van der Waals surface area contributed by atoms with Crippen LogP contribution in [0.2, 0.25) is 0 Å². The van der Waals surface area contributed by atoms with E-state index in [-0.39, 0.29) is 17.1 Å². The maximum atomic E-state index is 3.64. The zero-order chi connectivity index (χ0) is 4.12. The van der Waals surface area contributed by atoms with Gasteiger partial charge in [-0.3, -0.25) is 0 Å². The minimum Gasteiger partial charge on any atom is -0.343 e. The Labute approximate surface area is 50.8 Å². The summed E-state index contributed by atoms with van der Waals surface area (Å²) in [5.41, 5.74) is 0. The fourth-order valence-electron chi connectivity index (χ4n) is 0.177. The molecule has 0 aliphatic carbocycles. The third-order valence-corrected chi connectivity index (χ3v) is 0.500. The van der Waals surface area contributed by atoms with Gasteiger partial charge in [-0.15, -0.1) is 6.42 Å². The van der Waals surface area contributed by atoms with Crippen molar-refractivity contribution in [3.05, 3.63) is 13.8 Å². The first kappa shape index (κ1) is 9.72. The van der Waals surface area contributed by atoms with E-state index in [1.54, 1.807) is 0 Å². The van der Waals surface area contributed by atoms with E-state index in [9.17, 15) is 0 Å². The van der Waals surface area contributed by atoms with Crippen LogP contribution in [0.4, 0.5) is 0 Å². The fourth-order valence-corrected chi connectivity index (χ4v) is 0.177. The molecule has 0 aromatic heterocycles. The summed E-state index contributed by atoms with van der Waals surface area (Å²) in [5.74, 6) is 0. The van der Waals surface area contributed by atoms with Gasteiger partial charge in [0.2, 0.25) is 0 Å². The second-order valence-corrected chi connectivity index (χ2v) is 1.06. The molecule has 0 aromatic rings. The Morgan fingerprint density at radius 3 is 1.33 bits per heavy atom. The van der Waals surface area contributed by atoms with Crippen molar-refractivity contribution in [1.29, 1.82) is 0 Å². The molecule has 0 aliphatic rings. The van der Waals surface area contributed by atoms with E-state index in [1.807, 2.05) is 0 Å². The van der Waals surface area contributed by atoms with Crippen LogP contribution in [-0.4, -0.2) is 0 Å². The van der Waals surface area contributed by atoms with Gasteiger partial charge in [0, 0.05) is 0 Å². The minimum atomic E-state index is 0. The second kappa shape index (κ2) is 9.10. The monoisotopic (exact) mass is 126 g/mol. The Kier molecular flexibility index (Phi) is 14.8. The molecule has 0 radical (unpaired) electrons. The summed E-state index contributed by atoms with van der Waals surface area (Å²) in [6.45, 7) is 7.27. The van der Waals surface area contributed by atoms with Crippen LogP contribution in [0.5, 0.6) is 0 Å². The van der Waals surface area contributed by atoms with Gasteiger partial charge in [-0.1, -0.05) is 0 Å². The van der Waals surface area contributed by atoms with Gasteiger partial charge >= 0.3 is 17.1 Å². The molecule has 0 saturated heterocycles. The normalized spacial score (nSPS) is 7.00. The molecule has 1 heteroatoms. The topological polar surface area (TPSA) is 0 Å². The Hall–Kier alpha value is 0.519. The van der Waals surface area contributed by atoms with E-state index in [2.05, 4.69) is 13.8 Å². The van der Waals surface area contributed by atoms with Crippen molar-refractivity contribution < 1.29 is 17.1 Å². The van der Waals surface area contributed by atoms with Crippen molar-refractivity contribution in [2.45, 2.75) is 19.3 Å². The van der Waals surface area contributed by atoms with Crippen LogP contribution in [0, 0.1) is 13.8 Å². The molecule has 0 unspecified atom stereocenters. The number of hydrogen-bond acceptors (Lipinski definition) is 0. The summed E-state index contributed by atoms with van der Waals surface area (Å²) in [7, 11) is 0. The van der Waals surface area contributed by atoms with Gasteiger partial charge in [0.15, 0.2) is 0 Å². The largest absolute Gasteiger partial charge is 2.00 e. The average molecular weight is 126 g/mol. The van der Waals surface area contributed by atoms with Crippen molar-refractivity contribution in [3.63, 3.8) is 0 Å². The maximum Gasteiger partial charge on any atom is 2.00 e. The Balaban J connectivity index is 0. The van der Waals surface area contributed by atoms with Gasteiger partial charge < -0.3 is 13.8 Å². The van der Waals surface area contributed by atoms with E-state index in [1.165, 1.54) is 6.42 Å². The minimum absolute atomic E-state index is 0. The number of rotatable bonds is 2. The maximum absolute atomic E-state index is 3.64. The molecule has 38 valence electrons. The molecule has 0 spiro atoms. The van der Waals surface area contributed by atoms with Gasteiger partial charge in [-0.05, 0) is 0 Å². The predicted molar refractivity (Wildman–Crippen MR) is 24.6 cm³/mol. The van der Waals surface area contributed by atoms with E-state index >= 15 is 0 Å². The first-order chi connectivity index (χ1) is 2.41. The summed E-state index contributed by atoms with van der Waals surface area (Å²) < 4.78 is 0. The quantitative estimate of drug-likeness (QED) is 0.391. The SMILES string of the molecule is [CH2-]CCC[CH2-].[Fe+2]. The Morgan fingerprint density at radius 1 is 1.00 bits per heavy atom. The van der Waals surface area contributed by atoms with E-state index in [0.29, 0.717) is 0 Å². The predicted octanol–water partition coefficient (Wildman–Crippen LogP) is 1.82. The van der Waals surface area contributed by atoms with Crippen molar-refractivity contribution in [2.24, 2.45) is 0 Å². The van der Waals surface area contributed by atoms with Gasteiger partial charge in [-0.25, -0.2) is 0 Å². The van der Waals surface area contributed by atoms with E-state index in [0.717, 1.165) is 12.8 Å². The molecule has 0 rings (SSSR count). The molecule has 0 aliphatic heterocycles. The first-order valence-electron chi connectivity index (χ1n) is 2.00. The van der Waals surface area contributed by atoms with Gasteiger partial charge in [-0.2, -0.15) is 12.8 Å². The molecule has 0 saturated carbocycles. The summed E-state index contributed by atoms with van der Waals surface area (Å²) in [4.78, 5) is 0. The molecule has 0 bridgehead atoms. The van der Waals surface area contributed by atoms with Crippen LogP contribution in [-0.2, 0) is 17.1 Å².